The summed E-state index contributed by atoms with van der Waals surface area (Å²) in [5.41, 5.74) is -1.13. The Morgan fingerprint density at radius 3 is 2.44 bits per heavy atom. The van der Waals surface area contributed by atoms with E-state index >= 15 is 0 Å². The maximum atomic E-state index is 13.3. The topological polar surface area (TPSA) is 66.8 Å². The number of amides is 1. The van der Waals surface area contributed by atoms with Gasteiger partial charge in [-0.05, 0) is 36.8 Å². The molecule has 1 aromatic carbocycles. The Bertz CT molecular complexity index is 707. The van der Waals surface area contributed by atoms with E-state index in [2.05, 4.69) is 0 Å². The lowest BCUT2D eigenvalue weighted by Gasteiger charge is -2.39. The molecule has 1 spiro atoms. The summed E-state index contributed by atoms with van der Waals surface area (Å²) < 4.78 is 19.0. The zero-order valence-corrected chi connectivity index (χ0v) is 14.0. The van der Waals surface area contributed by atoms with Gasteiger partial charge < -0.3 is 14.7 Å². The van der Waals surface area contributed by atoms with Crippen LogP contribution in [0.25, 0.3) is 0 Å². The lowest BCUT2D eigenvalue weighted by atomic mass is 9.79. The Balaban J connectivity index is 1.42. The van der Waals surface area contributed by atoms with E-state index < -0.39 is 17.4 Å². The summed E-state index contributed by atoms with van der Waals surface area (Å²) in [4.78, 5) is 26.3. The lowest BCUT2D eigenvalue weighted by molar-refractivity contribution is -0.162. The monoisotopic (exact) mass is 347 g/mol. The van der Waals surface area contributed by atoms with Gasteiger partial charge in [0, 0.05) is 37.9 Å². The molecule has 1 aromatic rings. The SMILES string of the molecule is O=C([C@H]1CC12CCC2)N1CCC(Oc2cccc(F)c2)(C(=O)O)CC1. The highest BCUT2D eigenvalue weighted by molar-refractivity contribution is 5.84. The normalized spacial score (nSPS) is 26.0. The summed E-state index contributed by atoms with van der Waals surface area (Å²) in [6.45, 7) is 0.736. The van der Waals surface area contributed by atoms with Crippen molar-refractivity contribution in [2.24, 2.45) is 11.3 Å². The first-order chi connectivity index (χ1) is 11.9. The molecule has 0 bridgehead atoms. The second-order valence-electron chi connectivity index (χ2n) is 7.66. The maximum Gasteiger partial charge on any atom is 0.348 e. The van der Waals surface area contributed by atoms with Gasteiger partial charge in [-0.25, -0.2) is 9.18 Å². The van der Waals surface area contributed by atoms with Gasteiger partial charge in [-0.3, -0.25) is 4.79 Å². The van der Waals surface area contributed by atoms with Crippen molar-refractivity contribution >= 4 is 11.9 Å². The van der Waals surface area contributed by atoms with E-state index in [1.807, 2.05) is 0 Å². The summed E-state index contributed by atoms with van der Waals surface area (Å²) >= 11 is 0. The fourth-order valence-electron chi connectivity index (χ4n) is 4.30. The van der Waals surface area contributed by atoms with Gasteiger partial charge in [0.1, 0.15) is 11.6 Å². The average Bonchev–Trinajstić information content (AvgIpc) is 3.31. The number of carbonyl (C=O) groups is 2. The zero-order valence-electron chi connectivity index (χ0n) is 14.0. The molecular weight excluding hydrogens is 325 g/mol. The van der Waals surface area contributed by atoms with Crippen molar-refractivity contribution in [2.75, 3.05) is 13.1 Å². The van der Waals surface area contributed by atoms with Gasteiger partial charge in [0.15, 0.2) is 0 Å². The molecule has 134 valence electrons. The van der Waals surface area contributed by atoms with Gasteiger partial charge >= 0.3 is 5.97 Å². The second-order valence-corrected chi connectivity index (χ2v) is 7.66. The number of hydrogen-bond acceptors (Lipinski definition) is 3. The van der Waals surface area contributed by atoms with Crippen LogP contribution in [0.2, 0.25) is 0 Å². The van der Waals surface area contributed by atoms with Crippen LogP contribution in [-0.4, -0.2) is 40.6 Å². The highest BCUT2D eigenvalue weighted by Crippen LogP contribution is 2.66. The molecule has 3 fully saturated rings. The largest absolute Gasteiger partial charge is 0.478 e. The van der Waals surface area contributed by atoms with E-state index in [0.717, 1.165) is 19.3 Å². The summed E-state index contributed by atoms with van der Waals surface area (Å²) in [6.07, 6.45) is 4.94. The van der Waals surface area contributed by atoms with E-state index in [-0.39, 0.29) is 35.8 Å². The molecule has 6 heteroatoms. The molecule has 2 aliphatic carbocycles. The predicted octanol–water partition coefficient (Wildman–Crippen LogP) is 2.84. The van der Waals surface area contributed by atoms with Gasteiger partial charge in [0.25, 0.3) is 0 Å². The van der Waals surface area contributed by atoms with Crippen molar-refractivity contribution in [2.45, 2.75) is 44.1 Å². The molecular formula is C19H22FNO4. The van der Waals surface area contributed by atoms with Gasteiger partial charge in [-0.2, -0.15) is 0 Å². The van der Waals surface area contributed by atoms with Gasteiger partial charge in [0.2, 0.25) is 11.5 Å². The lowest BCUT2D eigenvalue weighted by Crippen LogP contribution is -2.54. The third kappa shape index (κ3) is 2.77. The molecule has 1 atom stereocenters. The quantitative estimate of drug-likeness (QED) is 0.909. The van der Waals surface area contributed by atoms with Crippen molar-refractivity contribution in [3.05, 3.63) is 30.1 Å². The first kappa shape index (κ1) is 16.4. The summed E-state index contributed by atoms with van der Waals surface area (Å²) in [6, 6.07) is 5.51. The number of hydrogen-bond donors (Lipinski definition) is 1. The number of benzene rings is 1. The van der Waals surface area contributed by atoms with Crippen molar-refractivity contribution in [3.8, 4) is 5.75 Å². The van der Waals surface area contributed by atoms with Crippen molar-refractivity contribution < 1.29 is 23.8 Å². The van der Waals surface area contributed by atoms with E-state index in [1.54, 1.807) is 11.0 Å². The Morgan fingerprint density at radius 2 is 1.92 bits per heavy atom. The van der Waals surface area contributed by atoms with E-state index in [9.17, 15) is 19.1 Å². The fraction of sp³-hybridized carbons (Fsp3) is 0.579. The maximum absolute atomic E-state index is 13.3. The second kappa shape index (κ2) is 5.71. The van der Waals surface area contributed by atoms with Crippen LogP contribution in [0.4, 0.5) is 4.39 Å². The minimum atomic E-state index is -1.40. The summed E-state index contributed by atoms with van der Waals surface area (Å²) in [5, 5.41) is 9.67. The Labute approximate surface area is 145 Å². The van der Waals surface area contributed by atoms with E-state index in [1.165, 1.54) is 24.6 Å². The molecule has 2 saturated carbocycles. The number of halogens is 1. The molecule has 1 aliphatic heterocycles. The number of likely N-dealkylation sites (tertiary alicyclic amines) is 1. The van der Waals surface area contributed by atoms with E-state index in [4.69, 9.17) is 4.74 Å². The Hall–Kier alpha value is -2.11. The molecule has 1 heterocycles. The number of aliphatic carboxylic acids is 1. The van der Waals surface area contributed by atoms with Crippen LogP contribution >= 0.6 is 0 Å². The highest BCUT2D eigenvalue weighted by atomic mass is 19.1. The fourth-order valence-corrected chi connectivity index (χ4v) is 4.30. The van der Waals surface area contributed by atoms with Crippen LogP contribution in [0.15, 0.2) is 24.3 Å². The number of ether oxygens (including phenoxy) is 1. The molecule has 1 N–H and O–H groups in total. The number of carboxylic acids is 1. The first-order valence-corrected chi connectivity index (χ1v) is 8.91. The first-order valence-electron chi connectivity index (χ1n) is 8.91. The third-order valence-electron chi connectivity index (χ3n) is 6.22. The summed E-state index contributed by atoms with van der Waals surface area (Å²) in [5.74, 6) is -1.01. The molecule has 0 radical (unpaired) electrons. The number of nitrogens with zero attached hydrogens (tertiary/aromatic N) is 1. The summed E-state index contributed by atoms with van der Waals surface area (Å²) in [7, 11) is 0. The van der Waals surface area contributed by atoms with Gasteiger partial charge in [0.05, 0.1) is 0 Å². The highest BCUT2D eigenvalue weighted by Gasteiger charge is 2.62. The molecule has 0 unspecified atom stereocenters. The van der Waals surface area contributed by atoms with Crippen LogP contribution in [0.1, 0.15) is 38.5 Å². The zero-order chi connectivity index (χ0) is 17.7. The van der Waals surface area contributed by atoms with Crippen LogP contribution in [0.3, 0.4) is 0 Å². The predicted molar refractivity (Wildman–Crippen MR) is 87.6 cm³/mol. The molecule has 0 aromatic heterocycles. The molecule has 3 aliphatic rings. The smallest absolute Gasteiger partial charge is 0.348 e. The average molecular weight is 347 g/mol. The van der Waals surface area contributed by atoms with Gasteiger partial charge in [-0.1, -0.05) is 12.5 Å². The molecule has 1 saturated heterocycles. The van der Waals surface area contributed by atoms with Crippen molar-refractivity contribution in [1.29, 1.82) is 0 Å². The van der Waals surface area contributed by atoms with Crippen molar-refractivity contribution in [1.82, 2.24) is 4.90 Å². The van der Waals surface area contributed by atoms with Crippen LogP contribution in [-0.2, 0) is 9.59 Å². The Morgan fingerprint density at radius 1 is 1.20 bits per heavy atom. The minimum absolute atomic E-state index is 0.141. The molecule has 1 amide bonds. The standard InChI is InChI=1S/C19H22FNO4/c20-13-3-1-4-14(11-13)25-19(17(23)24)7-9-21(10-8-19)16(22)15-12-18(15)5-2-6-18/h1,3-4,11,15H,2,5-10,12H2,(H,23,24)/t15-/m1/s1. The number of rotatable bonds is 4. The molecule has 25 heavy (non-hydrogen) atoms. The van der Waals surface area contributed by atoms with Crippen molar-refractivity contribution in [3.63, 3.8) is 0 Å². The van der Waals surface area contributed by atoms with Crippen LogP contribution in [0, 0.1) is 17.2 Å². The van der Waals surface area contributed by atoms with Crippen LogP contribution in [0.5, 0.6) is 5.75 Å². The van der Waals surface area contributed by atoms with Gasteiger partial charge in [-0.15, -0.1) is 0 Å². The third-order valence-corrected chi connectivity index (χ3v) is 6.22. The van der Waals surface area contributed by atoms with Crippen LogP contribution < -0.4 is 4.74 Å². The van der Waals surface area contributed by atoms with E-state index in [0.29, 0.717) is 13.1 Å². The number of carbonyl (C=O) groups excluding carboxylic acids is 1. The minimum Gasteiger partial charge on any atom is -0.478 e. The molecule has 4 rings (SSSR count). The number of piperidine rings is 1. The number of carboxylic acid groups (broad SMARTS) is 1. The molecule has 5 nitrogen and oxygen atoms in total. The Kier molecular flexibility index (Phi) is 3.74.